The van der Waals surface area contributed by atoms with E-state index >= 15 is 0 Å². The molecule has 102 valence electrons. The molecule has 0 aromatic carbocycles. The molecule has 0 N–H and O–H groups in total. The largest absolute Gasteiger partial charge is 0.424 e. The summed E-state index contributed by atoms with van der Waals surface area (Å²) >= 11 is 0. The second-order valence-electron chi connectivity index (χ2n) is 6.66. The molecule has 2 fully saturated rings. The van der Waals surface area contributed by atoms with Crippen LogP contribution < -0.4 is 0 Å². The fourth-order valence-electron chi connectivity index (χ4n) is 4.90. The number of hydrogen-bond acceptors (Lipinski definition) is 1. The maximum Gasteiger partial charge on any atom is 0.146 e. The van der Waals surface area contributed by atoms with Crippen LogP contribution in [0.5, 0.6) is 0 Å². The first-order valence-electron chi connectivity index (χ1n) is 8.11. The topological polar surface area (TPSA) is 9.23 Å². The van der Waals surface area contributed by atoms with Crippen LogP contribution in [0.15, 0.2) is 11.1 Å². The molecule has 0 spiro atoms. The lowest BCUT2D eigenvalue weighted by Gasteiger charge is -2.26. The van der Waals surface area contributed by atoms with Gasteiger partial charge in [-0.2, -0.15) is 0 Å². The third kappa shape index (κ3) is 2.46. The van der Waals surface area contributed by atoms with Crippen molar-refractivity contribution >= 4 is 10.5 Å². The van der Waals surface area contributed by atoms with E-state index in [1.54, 1.807) is 5.57 Å². The predicted octanol–water partition coefficient (Wildman–Crippen LogP) is 3.37. The van der Waals surface area contributed by atoms with Gasteiger partial charge in [0, 0.05) is 0 Å². The molecule has 0 heterocycles. The molecule has 0 bridgehead atoms. The molecule has 18 heavy (non-hydrogen) atoms. The molecule has 3 aliphatic rings. The molecular weight excluding hydrogens is 236 g/mol. The monoisotopic (exact) mass is 264 g/mol. The standard InChI is InChI=1S/C16H28OSi/c18-17-11-14-9-10-15(12-5-1-2-6-12)16(14)13-7-3-4-8-13/h12-13,15H,1-11H2,18H3. The number of allylic oxidation sites excluding steroid dienone is 1. The van der Waals surface area contributed by atoms with Gasteiger partial charge in [-0.3, -0.25) is 0 Å². The maximum atomic E-state index is 5.61. The zero-order chi connectivity index (χ0) is 12.4. The highest BCUT2D eigenvalue weighted by Gasteiger charge is 2.37. The Kier molecular flexibility index (Phi) is 4.25. The van der Waals surface area contributed by atoms with Crippen LogP contribution in [-0.4, -0.2) is 17.1 Å². The highest BCUT2D eigenvalue weighted by Crippen LogP contribution is 2.49. The van der Waals surface area contributed by atoms with Gasteiger partial charge in [0.1, 0.15) is 10.5 Å². The average molecular weight is 264 g/mol. The molecule has 3 rings (SSSR count). The first-order valence-corrected chi connectivity index (χ1v) is 8.92. The van der Waals surface area contributed by atoms with Crippen molar-refractivity contribution in [1.82, 2.24) is 0 Å². The number of hydrogen-bond donors (Lipinski definition) is 0. The van der Waals surface area contributed by atoms with E-state index in [2.05, 4.69) is 0 Å². The van der Waals surface area contributed by atoms with E-state index in [4.69, 9.17) is 4.43 Å². The molecule has 0 aliphatic heterocycles. The first-order chi connectivity index (χ1) is 8.90. The van der Waals surface area contributed by atoms with Crippen LogP contribution in [0.3, 0.4) is 0 Å². The summed E-state index contributed by atoms with van der Waals surface area (Å²) in [4.78, 5) is 0. The van der Waals surface area contributed by atoms with Crippen LogP contribution in [0, 0.1) is 17.8 Å². The maximum absolute atomic E-state index is 5.61. The van der Waals surface area contributed by atoms with Crippen LogP contribution >= 0.6 is 0 Å². The van der Waals surface area contributed by atoms with Crippen molar-refractivity contribution in [2.45, 2.75) is 64.2 Å². The summed E-state index contributed by atoms with van der Waals surface area (Å²) in [7, 11) is 0.899. The smallest absolute Gasteiger partial charge is 0.146 e. The Morgan fingerprint density at radius 2 is 1.61 bits per heavy atom. The summed E-state index contributed by atoms with van der Waals surface area (Å²) in [6, 6.07) is 0. The lowest BCUT2D eigenvalue weighted by atomic mass is 9.79. The zero-order valence-electron chi connectivity index (χ0n) is 11.9. The molecule has 1 unspecified atom stereocenters. The van der Waals surface area contributed by atoms with Crippen LogP contribution in [0.25, 0.3) is 0 Å². The van der Waals surface area contributed by atoms with Gasteiger partial charge < -0.3 is 4.43 Å². The van der Waals surface area contributed by atoms with Gasteiger partial charge in [-0.25, -0.2) is 0 Å². The molecule has 0 saturated heterocycles. The molecule has 0 radical (unpaired) electrons. The van der Waals surface area contributed by atoms with Crippen molar-refractivity contribution in [3.05, 3.63) is 11.1 Å². The molecule has 0 amide bonds. The number of rotatable bonds is 4. The van der Waals surface area contributed by atoms with Crippen molar-refractivity contribution in [2.75, 3.05) is 6.61 Å². The molecule has 0 aromatic rings. The summed E-state index contributed by atoms with van der Waals surface area (Å²) in [5.74, 6) is 2.94. The van der Waals surface area contributed by atoms with Gasteiger partial charge >= 0.3 is 0 Å². The van der Waals surface area contributed by atoms with Gasteiger partial charge in [0.15, 0.2) is 0 Å². The van der Waals surface area contributed by atoms with Crippen molar-refractivity contribution in [3.63, 3.8) is 0 Å². The van der Waals surface area contributed by atoms with Crippen LogP contribution in [0.4, 0.5) is 0 Å². The molecule has 2 heteroatoms. The van der Waals surface area contributed by atoms with Crippen molar-refractivity contribution in [1.29, 1.82) is 0 Å². The first kappa shape index (κ1) is 12.9. The van der Waals surface area contributed by atoms with Gasteiger partial charge in [-0.05, 0) is 61.9 Å². The van der Waals surface area contributed by atoms with Crippen LogP contribution in [-0.2, 0) is 4.43 Å². The zero-order valence-corrected chi connectivity index (χ0v) is 13.9. The van der Waals surface area contributed by atoms with Gasteiger partial charge in [0.05, 0.1) is 6.61 Å². The minimum atomic E-state index is 0.899. The Hall–Kier alpha value is -0.0831. The van der Waals surface area contributed by atoms with Crippen molar-refractivity contribution in [2.24, 2.45) is 17.8 Å². The van der Waals surface area contributed by atoms with Crippen LogP contribution in [0.2, 0.25) is 0 Å². The van der Waals surface area contributed by atoms with Gasteiger partial charge in [-0.15, -0.1) is 0 Å². The summed E-state index contributed by atoms with van der Waals surface area (Å²) in [6.45, 7) is 0.973. The van der Waals surface area contributed by atoms with Crippen molar-refractivity contribution < 1.29 is 4.43 Å². The van der Waals surface area contributed by atoms with E-state index in [0.29, 0.717) is 0 Å². The van der Waals surface area contributed by atoms with Gasteiger partial charge in [-0.1, -0.05) is 31.3 Å². The van der Waals surface area contributed by atoms with E-state index in [1.807, 2.05) is 5.57 Å². The Morgan fingerprint density at radius 3 is 2.28 bits per heavy atom. The summed E-state index contributed by atoms with van der Waals surface area (Å²) < 4.78 is 5.61. The minimum absolute atomic E-state index is 0.899. The molecule has 1 atom stereocenters. The SMILES string of the molecule is [SiH3]OCC1=C(C2CCCC2)C(C2CCCC2)CC1. The Bertz CT molecular complexity index is 311. The predicted molar refractivity (Wildman–Crippen MR) is 79.6 cm³/mol. The normalized spacial score (nSPS) is 31.0. The van der Waals surface area contributed by atoms with Gasteiger partial charge in [0.25, 0.3) is 0 Å². The second-order valence-corrected chi connectivity index (χ2v) is 7.24. The quantitative estimate of drug-likeness (QED) is 0.559. The van der Waals surface area contributed by atoms with Crippen LogP contribution in [0.1, 0.15) is 64.2 Å². The minimum Gasteiger partial charge on any atom is -0.424 e. The van der Waals surface area contributed by atoms with Crippen molar-refractivity contribution in [3.8, 4) is 0 Å². The Labute approximate surface area is 115 Å². The molecular formula is C16H28OSi. The van der Waals surface area contributed by atoms with E-state index < -0.39 is 0 Å². The summed E-state index contributed by atoms with van der Waals surface area (Å²) in [6.07, 6.45) is 14.7. The second kappa shape index (κ2) is 5.92. The third-order valence-corrected chi connectivity index (χ3v) is 5.94. The van der Waals surface area contributed by atoms with Gasteiger partial charge in [0.2, 0.25) is 0 Å². The third-order valence-electron chi connectivity index (χ3n) is 5.65. The summed E-state index contributed by atoms with van der Waals surface area (Å²) in [5.41, 5.74) is 3.64. The van der Waals surface area contributed by atoms with E-state index in [1.165, 1.54) is 64.2 Å². The molecule has 3 aliphatic carbocycles. The summed E-state index contributed by atoms with van der Waals surface area (Å²) in [5, 5.41) is 0. The lowest BCUT2D eigenvalue weighted by Crippen LogP contribution is -2.16. The molecule has 2 saturated carbocycles. The highest BCUT2D eigenvalue weighted by atomic mass is 28.2. The fourth-order valence-corrected chi connectivity index (χ4v) is 5.25. The van der Waals surface area contributed by atoms with E-state index in [0.717, 1.165) is 34.8 Å². The Balaban J connectivity index is 1.80. The lowest BCUT2D eigenvalue weighted by molar-refractivity contribution is 0.355. The highest BCUT2D eigenvalue weighted by molar-refractivity contribution is 5.98. The van der Waals surface area contributed by atoms with E-state index in [9.17, 15) is 0 Å². The Morgan fingerprint density at radius 1 is 0.944 bits per heavy atom. The fraction of sp³-hybridized carbons (Fsp3) is 0.875. The molecule has 0 aromatic heterocycles. The van der Waals surface area contributed by atoms with E-state index in [-0.39, 0.29) is 0 Å². The average Bonchev–Trinajstić information content (AvgIpc) is 3.10. The molecule has 1 nitrogen and oxygen atoms in total.